The number of carbonyl (C=O) groups is 1. The van der Waals surface area contributed by atoms with Crippen LogP contribution in [0.4, 0.5) is 11.4 Å². The van der Waals surface area contributed by atoms with Crippen LogP contribution in [-0.4, -0.2) is 5.91 Å². The van der Waals surface area contributed by atoms with E-state index < -0.39 is 0 Å². The van der Waals surface area contributed by atoms with Gasteiger partial charge in [-0.1, -0.05) is 30.0 Å². The largest absolute Gasteiger partial charge is 0.398 e. The highest BCUT2D eigenvalue weighted by molar-refractivity contribution is 7.99. The quantitative estimate of drug-likeness (QED) is 0.823. The number of fused-ring (bicyclic) bond motifs is 1. The van der Waals surface area contributed by atoms with Crippen molar-refractivity contribution in [2.24, 2.45) is 0 Å². The Morgan fingerprint density at radius 1 is 1.11 bits per heavy atom. The Bertz CT molecular complexity index is 626. The fourth-order valence-corrected chi connectivity index (χ4v) is 3.03. The van der Waals surface area contributed by atoms with Crippen molar-refractivity contribution < 1.29 is 4.79 Å². The molecule has 0 radical (unpaired) electrons. The molecule has 1 aliphatic heterocycles. The molecule has 96 valence electrons. The van der Waals surface area contributed by atoms with Gasteiger partial charge >= 0.3 is 0 Å². The van der Waals surface area contributed by atoms with Crippen molar-refractivity contribution >= 4 is 29.0 Å². The molecule has 19 heavy (non-hydrogen) atoms. The van der Waals surface area contributed by atoms with Crippen LogP contribution in [0.15, 0.2) is 52.3 Å². The molecule has 4 heteroatoms. The number of nitrogen functional groups attached to an aromatic ring is 1. The number of benzene rings is 2. The van der Waals surface area contributed by atoms with E-state index in [1.165, 1.54) is 0 Å². The van der Waals surface area contributed by atoms with E-state index in [-0.39, 0.29) is 5.91 Å². The first kappa shape index (κ1) is 12.1. The van der Waals surface area contributed by atoms with Gasteiger partial charge in [0.05, 0.1) is 0 Å². The summed E-state index contributed by atoms with van der Waals surface area (Å²) in [5.41, 5.74) is 8.87. The first-order valence-electron chi connectivity index (χ1n) is 6.17. The zero-order chi connectivity index (χ0) is 13.2. The molecule has 2 aromatic rings. The lowest BCUT2D eigenvalue weighted by atomic mass is 10.0. The number of nitrogens with two attached hydrogens (primary N) is 1. The van der Waals surface area contributed by atoms with Gasteiger partial charge in [-0.25, -0.2) is 0 Å². The molecule has 2 aromatic carbocycles. The van der Waals surface area contributed by atoms with Crippen LogP contribution in [0, 0.1) is 0 Å². The lowest BCUT2D eigenvalue weighted by Gasteiger charge is -2.19. The van der Waals surface area contributed by atoms with Gasteiger partial charge in [-0.3, -0.25) is 4.79 Å². The molecule has 0 atom stereocenters. The summed E-state index contributed by atoms with van der Waals surface area (Å²) in [5.74, 6) is 0.0768. The topological polar surface area (TPSA) is 55.1 Å². The summed E-state index contributed by atoms with van der Waals surface area (Å²) < 4.78 is 0. The van der Waals surface area contributed by atoms with Gasteiger partial charge in [0.1, 0.15) is 0 Å². The average molecular weight is 270 g/mol. The van der Waals surface area contributed by atoms with E-state index in [9.17, 15) is 4.79 Å². The second kappa shape index (κ2) is 4.97. The van der Waals surface area contributed by atoms with Crippen molar-refractivity contribution in [3.8, 4) is 0 Å². The van der Waals surface area contributed by atoms with Gasteiger partial charge in [0.2, 0.25) is 5.91 Å². The minimum Gasteiger partial charge on any atom is -0.398 e. The molecular weight excluding hydrogens is 256 g/mol. The number of carbonyl (C=O) groups excluding carboxylic acids is 1. The zero-order valence-electron chi connectivity index (χ0n) is 10.3. The van der Waals surface area contributed by atoms with Gasteiger partial charge in [0.15, 0.2) is 0 Å². The van der Waals surface area contributed by atoms with E-state index in [0.717, 1.165) is 33.2 Å². The van der Waals surface area contributed by atoms with Gasteiger partial charge in [-0.15, -0.1) is 0 Å². The summed E-state index contributed by atoms with van der Waals surface area (Å²) in [7, 11) is 0. The first-order valence-corrected chi connectivity index (χ1v) is 6.99. The molecule has 0 aromatic heterocycles. The molecular formula is C15H14N2OS. The summed E-state index contributed by atoms with van der Waals surface area (Å²) in [6.45, 7) is 0. The van der Waals surface area contributed by atoms with Gasteiger partial charge < -0.3 is 11.1 Å². The summed E-state index contributed by atoms with van der Waals surface area (Å²) in [6, 6.07) is 14.0. The molecule has 0 spiro atoms. The molecule has 1 aliphatic rings. The van der Waals surface area contributed by atoms with E-state index in [2.05, 4.69) is 5.32 Å². The number of hydrogen-bond donors (Lipinski definition) is 2. The number of amides is 1. The molecule has 0 saturated heterocycles. The van der Waals surface area contributed by atoms with Gasteiger partial charge in [-0.05, 0) is 36.2 Å². The van der Waals surface area contributed by atoms with Crippen molar-refractivity contribution in [1.29, 1.82) is 0 Å². The van der Waals surface area contributed by atoms with Crippen LogP contribution in [0.2, 0.25) is 0 Å². The third kappa shape index (κ3) is 2.58. The monoisotopic (exact) mass is 270 g/mol. The Hall–Kier alpha value is -1.94. The van der Waals surface area contributed by atoms with Crippen molar-refractivity contribution in [3.63, 3.8) is 0 Å². The highest BCUT2D eigenvalue weighted by Crippen LogP contribution is 2.37. The van der Waals surface area contributed by atoms with Crippen molar-refractivity contribution in [1.82, 2.24) is 0 Å². The second-order valence-corrected chi connectivity index (χ2v) is 5.63. The average Bonchev–Trinajstić information content (AvgIpc) is 2.41. The highest BCUT2D eigenvalue weighted by Gasteiger charge is 2.16. The van der Waals surface area contributed by atoms with Gasteiger partial charge in [-0.2, -0.15) is 0 Å². The van der Waals surface area contributed by atoms with Crippen LogP contribution >= 0.6 is 11.8 Å². The van der Waals surface area contributed by atoms with Crippen LogP contribution in [0.1, 0.15) is 12.0 Å². The summed E-state index contributed by atoms with van der Waals surface area (Å²) in [4.78, 5) is 13.5. The third-order valence-corrected chi connectivity index (χ3v) is 4.18. The lowest BCUT2D eigenvalue weighted by Crippen LogP contribution is -2.19. The van der Waals surface area contributed by atoms with Crippen LogP contribution in [0.5, 0.6) is 0 Å². The van der Waals surface area contributed by atoms with E-state index in [1.807, 2.05) is 42.5 Å². The van der Waals surface area contributed by atoms with Crippen LogP contribution in [-0.2, 0) is 11.2 Å². The molecule has 0 fully saturated rings. The number of nitrogens with one attached hydrogen (secondary N) is 1. The van der Waals surface area contributed by atoms with Crippen LogP contribution in [0.25, 0.3) is 0 Å². The highest BCUT2D eigenvalue weighted by atomic mass is 32.2. The normalized spacial score (nSPS) is 13.8. The van der Waals surface area contributed by atoms with E-state index in [0.29, 0.717) is 6.42 Å². The standard InChI is InChI=1S/C15H14N2OS/c16-12-8-10-6-7-15(18)17-13(10)9-14(12)19-11-4-2-1-3-5-11/h1-5,8-9H,6-7,16H2,(H,17,18). The SMILES string of the molecule is Nc1cc2c(cc1Sc1ccccc1)NC(=O)CC2. The Balaban J connectivity index is 1.94. The van der Waals surface area contributed by atoms with Crippen LogP contribution < -0.4 is 11.1 Å². The Morgan fingerprint density at radius 3 is 2.68 bits per heavy atom. The molecule has 3 N–H and O–H groups in total. The van der Waals surface area contributed by atoms with E-state index in [1.54, 1.807) is 11.8 Å². The summed E-state index contributed by atoms with van der Waals surface area (Å²) in [6.07, 6.45) is 1.30. The van der Waals surface area contributed by atoms with E-state index >= 15 is 0 Å². The molecule has 0 aliphatic carbocycles. The Kier molecular flexibility index (Phi) is 3.17. The van der Waals surface area contributed by atoms with Crippen molar-refractivity contribution in [3.05, 3.63) is 48.0 Å². The minimum absolute atomic E-state index is 0.0768. The number of rotatable bonds is 2. The Labute approximate surface area is 116 Å². The second-order valence-electron chi connectivity index (χ2n) is 4.51. The molecule has 0 bridgehead atoms. The smallest absolute Gasteiger partial charge is 0.224 e. The number of aryl methyl sites for hydroxylation is 1. The van der Waals surface area contributed by atoms with Crippen molar-refractivity contribution in [2.75, 3.05) is 11.1 Å². The maximum Gasteiger partial charge on any atom is 0.224 e. The molecule has 0 saturated carbocycles. The van der Waals surface area contributed by atoms with Gasteiger partial charge in [0, 0.05) is 27.6 Å². The molecule has 1 amide bonds. The zero-order valence-corrected chi connectivity index (χ0v) is 11.2. The number of hydrogen-bond acceptors (Lipinski definition) is 3. The summed E-state index contributed by atoms with van der Waals surface area (Å²) in [5, 5.41) is 2.91. The lowest BCUT2D eigenvalue weighted by molar-refractivity contribution is -0.116. The molecule has 1 heterocycles. The summed E-state index contributed by atoms with van der Waals surface area (Å²) >= 11 is 1.61. The third-order valence-electron chi connectivity index (χ3n) is 3.10. The maximum atomic E-state index is 11.4. The molecule has 3 rings (SSSR count). The number of anilines is 2. The maximum absolute atomic E-state index is 11.4. The first-order chi connectivity index (χ1) is 9.22. The Morgan fingerprint density at radius 2 is 1.89 bits per heavy atom. The predicted octanol–water partition coefficient (Wildman–Crippen LogP) is 3.30. The molecule has 0 unspecified atom stereocenters. The van der Waals surface area contributed by atoms with Gasteiger partial charge in [0.25, 0.3) is 0 Å². The van der Waals surface area contributed by atoms with Crippen LogP contribution in [0.3, 0.4) is 0 Å². The fourth-order valence-electron chi connectivity index (χ4n) is 2.13. The fraction of sp³-hybridized carbons (Fsp3) is 0.133. The molecule has 3 nitrogen and oxygen atoms in total. The minimum atomic E-state index is 0.0768. The predicted molar refractivity (Wildman–Crippen MR) is 78.4 cm³/mol. The van der Waals surface area contributed by atoms with Crippen molar-refractivity contribution in [2.45, 2.75) is 22.6 Å². The van der Waals surface area contributed by atoms with E-state index in [4.69, 9.17) is 5.73 Å².